The normalized spacial score (nSPS) is 10.9. The Labute approximate surface area is 96.7 Å². The van der Waals surface area contributed by atoms with E-state index in [2.05, 4.69) is 15.9 Å². The van der Waals surface area contributed by atoms with Crippen LogP contribution in [0.3, 0.4) is 0 Å². The summed E-state index contributed by atoms with van der Waals surface area (Å²) < 4.78 is 0.927. The summed E-state index contributed by atoms with van der Waals surface area (Å²) >= 11 is 9.31. The lowest BCUT2D eigenvalue weighted by Crippen LogP contribution is -2.14. The van der Waals surface area contributed by atoms with Gasteiger partial charge in [0.15, 0.2) is 0 Å². The minimum absolute atomic E-state index is 0.0249. The molecule has 1 aromatic carbocycles. The summed E-state index contributed by atoms with van der Waals surface area (Å²) in [6, 6.07) is 5.60. The van der Waals surface area contributed by atoms with Crippen molar-refractivity contribution < 1.29 is 10.2 Å². The molecule has 0 heterocycles. The van der Waals surface area contributed by atoms with Crippen molar-refractivity contribution in [3.63, 3.8) is 0 Å². The van der Waals surface area contributed by atoms with Crippen molar-refractivity contribution in [1.82, 2.24) is 0 Å². The zero-order valence-corrected chi connectivity index (χ0v) is 9.92. The van der Waals surface area contributed by atoms with Crippen LogP contribution in [-0.2, 0) is 6.42 Å². The molecule has 0 aliphatic heterocycles. The highest BCUT2D eigenvalue weighted by molar-refractivity contribution is 9.10. The second kappa shape index (κ2) is 5.71. The quantitative estimate of drug-likeness (QED) is 0.887. The minimum atomic E-state index is -0.131. The van der Waals surface area contributed by atoms with Gasteiger partial charge in [0.1, 0.15) is 0 Å². The van der Waals surface area contributed by atoms with E-state index in [4.69, 9.17) is 21.8 Å². The van der Waals surface area contributed by atoms with Crippen LogP contribution >= 0.6 is 27.5 Å². The van der Waals surface area contributed by atoms with E-state index < -0.39 is 0 Å². The van der Waals surface area contributed by atoms with Crippen molar-refractivity contribution in [3.8, 4) is 0 Å². The van der Waals surface area contributed by atoms with Crippen LogP contribution in [0.2, 0.25) is 5.02 Å². The molecule has 0 unspecified atom stereocenters. The van der Waals surface area contributed by atoms with Gasteiger partial charge >= 0.3 is 0 Å². The van der Waals surface area contributed by atoms with Crippen molar-refractivity contribution in [2.45, 2.75) is 6.42 Å². The number of hydrogen-bond acceptors (Lipinski definition) is 2. The smallest absolute Gasteiger partial charge is 0.0484 e. The summed E-state index contributed by atoms with van der Waals surface area (Å²) in [5.41, 5.74) is 0.947. The van der Waals surface area contributed by atoms with Crippen LogP contribution in [0.5, 0.6) is 0 Å². The average Bonchev–Trinajstić information content (AvgIpc) is 2.17. The molecule has 2 N–H and O–H groups in total. The van der Waals surface area contributed by atoms with Crippen LogP contribution < -0.4 is 0 Å². The average molecular weight is 280 g/mol. The van der Waals surface area contributed by atoms with Crippen LogP contribution in [-0.4, -0.2) is 23.4 Å². The Kier molecular flexibility index (Phi) is 4.89. The van der Waals surface area contributed by atoms with Crippen LogP contribution in [0.1, 0.15) is 5.56 Å². The van der Waals surface area contributed by atoms with Gasteiger partial charge in [-0.05, 0) is 24.1 Å². The van der Waals surface area contributed by atoms with Crippen molar-refractivity contribution in [2.75, 3.05) is 13.2 Å². The van der Waals surface area contributed by atoms with Gasteiger partial charge in [0, 0.05) is 28.6 Å². The molecule has 1 aromatic rings. The highest BCUT2D eigenvalue weighted by atomic mass is 79.9. The summed E-state index contributed by atoms with van der Waals surface area (Å²) in [6.07, 6.45) is 0.596. The lowest BCUT2D eigenvalue weighted by atomic mass is 10.0. The highest BCUT2D eigenvalue weighted by Crippen LogP contribution is 2.23. The van der Waals surface area contributed by atoms with Gasteiger partial charge in [0.05, 0.1) is 0 Å². The molecule has 0 fully saturated rings. The van der Waals surface area contributed by atoms with E-state index in [9.17, 15) is 0 Å². The fraction of sp³-hybridized carbons (Fsp3) is 0.400. The third-order valence-electron chi connectivity index (χ3n) is 2.04. The van der Waals surface area contributed by atoms with Crippen LogP contribution in [0.4, 0.5) is 0 Å². The predicted octanol–water partition coefficient (Wildman–Crippen LogP) is 2.25. The standard InChI is InChI=1S/C10H12BrClO2/c11-9-2-1-8(10(12)4-9)3-7(5-13)6-14/h1-2,4,7,13-14H,3,5-6H2. The van der Waals surface area contributed by atoms with Crippen LogP contribution in [0.25, 0.3) is 0 Å². The maximum Gasteiger partial charge on any atom is 0.0484 e. The molecule has 0 atom stereocenters. The molecule has 14 heavy (non-hydrogen) atoms. The van der Waals surface area contributed by atoms with E-state index in [1.165, 1.54) is 0 Å². The minimum Gasteiger partial charge on any atom is -0.396 e. The van der Waals surface area contributed by atoms with Crippen LogP contribution in [0, 0.1) is 5.92 Å². The Hall–Kier alpha value is -0.0900. The first kappa shape index (κ1) is 12.0. The SMILES string of the molecule is OCC(CO)Cc1ccc(Br)cc1Cl. The maximum atomic E-state index is 8.92. The zero-order chi connectivity index (χ0) is 10.6. The number of benzene rings is 1. The number of rotatable bonds is 4. The summed E-state index contributed by atoms with van der Waals surface area (Å²) in [5, 5.41) is 18.5. The first-order chi connectivity index (χ1) is 6.67. The van der Waals surface area contributed by atoms with Crippen molar-refractivity contribution in [2.24, 2.45) is 5.92 Å². The number of aliphatic hydroxyl groups excluding tert-OH is 2. The molecule has 0 aliphatic rings. The van der Waals surface area contributed by atoms with Gasteiger partial charge in [-0.15, -0.1) is 0 Å². The second-order valence-corrected chi connectivity index (χ2v) is 4.49. The van der Waals surface area contributed by atoms with Gasteiger partial charge in [0.2, 0.25) is 0 Å². The van der Waals surface area contributed by atoms with Gasteiger partial charge in [0.25, 0.3) is 0 Å². The molecule has 0 aliphatic carbocycles. The predicted molar refractivity (Wildman–Crippen MR) is 60.5 cm³/mol. The van der Waals surface area contributed by atoms with E-state index in [-0.39, 0.29) is 19.1 Å². The number of aliphatic hydroxyl groups is 2. The number of halogens is 2. The largest absolute Gasteiger partial charge is 0.396 e. The molecule has 0 aromatic heterocycles. The van der Waals surface area contributed by atoms with Crippen molar-refractivity contribution >= 4 is 27.5 Å². The van der Waals surface area contributed by atoms with Crippen molar-refractivity contribution in [1.29, 1.82) is 0 Å². The molecule has 4 heteroatoms. The fourth-order valence-electron chi connectivity index (χ4n) is 1.19. The Morgan fingerprint density at radius 1 is 1.29 bits per heavy atom. The molecular weight excluding hydrogens is 267 g/mol. The monoisotopic (exact) mass is 278 g/mol. The molecule has 0 spiro atoms. The fourth-order valence-corrected chi connectivity index (χ4v) is 1.94. The summed E-state index contributed by atoms with van der Waals surface area (Å²) in [7, 11) is 0. The highest BCUT2D eigenvalue weighted by Gasteiger charge is 2.09. The molecule has 1 rings (SSSR count). The number of hydrogen-bond donors (Lipinski definition) is 2. The molecular formula is C10H12BrClO2. The van der Waals surface area contributed by atoms with Crippen LogP contribution in [0.15, 0.2) is 22.7 Å². The molecule has 0 bridgehead atoms. The Morgan fingerprint density at radius 3 is 2.43 bits per heavy atom. The summed E-state index contributed by atoms with van der Waals surface area (Å²) in [6.45, 7) is -0.0498. The lowest BCUT2D eigenvalue weighted by Gasteiger charge is -2.11. The van der Waals surface area contributed by atoms with E-state index >= 15 is 0 Å². The van der Waals surface area contributed by atoms with Crippen molar-refractivity contribution in [3.05, 3.63) is 33.3 Å². The lowest BCUT2D eigenvalue weighted by molar-refractivity contribution is 0.150. The first-order valence-corrected chi connectivity index (χ1v) is 5.50. The van der Waals surface area contributed by atoms with Gasteiger partial charge in [-0.25, -0.2) is 0 Å². The topological polar surface area (TPSA) is 40.5 Å². The molecule has 0 radical (unpaired) electrons. The van der Waals surface area contributed by atoms with Gasteiger partial charge in [-0.2, -0.15) is 0 Å². The van der Waals surface area contributed by atoms with E-state index in [1.807, 2.05) is 18.2 Å². The Morgan fingerprint density at radius 2 is 1.93 bits per heavy atom. The van der Waals surface area contributed by atoms with E-state index in [0.29, 0.717) is 11.4 Å². The molecule has 0 amide bonds. The molecule has 78 valence electrons. The summed E-state index contributed by atoms with van der Waals surface area (Å²) in [4.78, 5) is 0. The van der Waals surface area contributed by atoms with Gasteiger partial charge in [-0.3, -0.25) is 0 Å². The first-order valence-electron chi connectivity index (χ1n) is 4.33. The van der Waals surface area contributed by atoms with E-state index in [1.54, 1.807) is 0 Å². The summed E-state index contributed by atoms with van der Waals surface area (Å²) in [5.74, 6) is -0.131. The molecule has 0 saturated carbocycles. The Balaban J connectivity index is 2.76. The van der Waals surface area contributed by atoms with Gasteiger partial charge < -0.3 is 10.2 Å². The third kappa shape index (κ3) is 3.24. The third-order valence-corrected chi connectivity index (χ3v) is 2.89. The Bertz CT molecular complexity index is 300. The second-order valence-electron chi connectivity index (χ2n) is 3.17. The molecule has 2 nitrogen and oxygen atoms in total. The maximum absolute atomic E-state index is 8.92. The zero-order valence-electron chi connectivity index (χ0n) is 7.58. The molecule has 0 saturated heterocycles. The van der Waals surface area contributed by atoms with Gasteiger partial charge in [-0.1, -0.05) is 33.6 Å². The van der Waals surface area contributed by atoms with E-state index in [0.717, 1.165) is 10.0 Å².